The third-order valence-corrected chi connectivity index (χ3v) is 10.8. The van der Waals surface area contributed by atoms with Crippen LogP contribution in [0.3, 0.4) is 0 Å². The van der Waals surface area contributed by atoms with E-state index in [1.54, 1.807) is 12.1 Å². The molecule has 2 aliphatic carbocycles. The van der Waals surface area contributed by atoms with Crippen molar-refractivity contribution in [2.24, 2.45) is 17.8 Å². The molecule has 0 radical (unpaired) electrons. The fraction of sp³-hybridized carbons (Fsp3) is 0.357. The lowest BCUT2D eigenvalue weighted by molar-refractivity contribution is -0.384. The summed E-state index contributed by atoms with van der Waals surface area (Å²) in [4.78, 5) is 63.2. The van der Waals surface area contributed by atoms with E-state index in [0.717, 1.165) is 9.80 Å². The smallest absolute Gasteiger partial charge is 0.269 e. The second-order valence-corrected chi connectivity index (χ2v) is 13.0. The van der Waals surface area contributed by atoms with Crippen molar-refractivity contribution < 1.29 is 33.9 Å². The summed E-state index contributed by atoms with van der Waals surface area (Å²) in [7, 11) is 2.63. The van der Waals surface area contributed by atoms with Crippen LogP contribution in [0.5, 0.6) is 11.5 Å². The SMILES string of the molecule is COc1cc(Br)cc(C2C3=CCC4C(=O)N(c5ccc([N+](=O)[O-])cc5)C(=O)C4C3CC3(Cl)C(=O)N(C)C(=O)C23Cl)c1O. The molecule has 218 valence electrons. The van der Waals surface area contributed by atoms with E-state index in [1.807, 2.05) is 0 Å². The molecule has 6 rings (SSSR count). The molecule has 11 nitrogen and oxygen atoms in total. The molecule has 0 spiro atoms. The van der Waals surface area contributed by atoms with Crippen LogP contribution >= 0.6 is 39.1 Å². The maximum atomic E-state index is 14.0. The number of phenols is 1. The highest BCUT2D eigenvalue weighted by molar-refractivity contribution is 9.10. The Labute approximate surface area is 257 Å². The lowest BCUT2D eigenvalue weighted by Gasteiger charge is -2.50. The average Bonchev–Trinajstić information content (AvgIpc) is 3.29. The number of allylic oxidation sites excluding steroid dienone is 2. The highest BCUT2D eigenvalue weighted by atomic mass is 79.9. The molecular weight excluding hydrogens is 657 g/mol. The van der Waals surface area contributed by atoms with Gasteiger partial charge < -0.3 is 9.84 Å². The van der Waals surface area contributed by atoms with Crippen LogP contribution in [0.1, 0.15) is 24.3 Å². The molecule has 0 bridgehead atoms. The number of likely N-dealkylation sites (tertiary alicyclic amines) is 1. The van der Waals surface area contributed by atoms with Crippen molar-refractivity contribution in [3.05, 3.63) is 68.2 Å². The third kappa shape index (κ3) is 3.58. The van der Waals surface area contributed by atoms with E-state index in [0.29, 0.717) is 10.0 Å². The minimum atomic E-state index is -2.07. The van der Waals surface area contributed by atoms with Gasteiger partial charge in [-0.25, -0.2) is 0 Å². The van der Waals surface area contributed by atoms with Gasteiger partial charge in [-0.05, 0) is 43.0 Å². The summed E-state index contributed by atoms with van der Waals surface area (Å²) in [5.41, 5.74) is 0.638. The fourth-order valence-electron chi connectivity index (χ4n) is 7.04. The predicted molar refractivity (Wildman–Crippen MR) is 153 cm³/mol. The first kappa shape index (κ1) is 28.6. The number of alkyl halides is 2. The van der Waals surface area contributed by atoms with E-state index >= 15 is 0 Å². The molecule has 2 heterocycles. The van der Waals surface area contributed by atoms with Crippen LogP contribution in [0.2, 0.25) is 0 Å². The number of benzene rings is 2. The van der Waals surface area contributed by atoms with E-state index in [4.69, 9.17) is 27.9 Å². The third-order valence-electron chi connectivity index (χ3n) is 8.93. The van der Waals surface area contributed by atoms with Crippen molar-refractivity contribution in [1.29, 1.82) is 0 Å². The Hall–Kier alpha value is -3.48. The fourth-order valence-corrected chi connectivity index (χ4v) is 8.50. The van der Waals surface area contributed by atoms with E-state index < -0.39 is 62.0 Å². The zero-order valence-electron chi connectivity index (χ0n) is 22.0. The van der Waals surface area contributed by atoms with Gasteiger partial charge in [0, 0.05) is 35.1 Å². The van der Waals surface area contributed by atoms with Crippen LogP contribution in [-0.2, 0) is 19.2 Å². The quantitative estimate of drug-likeness (QED) is 0.166. The number of halogens is 3. The first-order chi connectivity index (χ1) is 19.8. The van der Waals surface area contributed by atoms with Gasteiger partial charge in [0.1, 0.15) is 0 Å². The Kier molecular flexibility index (Phi) is 6.49. The number of imide groups is 2. The minimum Gasteiger partial charge on any atom is -0.504 e. The van der Waals surface area contributed by atoms with Gasteiger partial charge in [-0.2, -0.15) is 0 Å². The monoisotopic (exact) mass is 677 g/mol. The van der Waals surface area contributed by atoms with Crippen LogP contribution in [0.25, 0.3) is 0 Å². The second kappa shape index (κ2) is 9.51. The molecule has 6 atom stereocenters. The van der Waals surface area contributed by atoms with Gasteiger partial charge in [-0.1, -0.05) is 27.6 Å². The average molecular weight is 679 g/mol. The van der Waals surface area contributed by atoms with Gasteiger partial charge in [0.15, 0.2) is 21.2 Å². The van der Waals surface area contributed by atoms with Crippen LogP contribution in [0, 0.1) is 27.9 Å². The van der Waals surface area contributed by atoms with Crippen molar-refractivity contribution in [2.45, 2.75) is 28.5 Å². The van der Waals surface area contributed by atoms with Crippen LogP contribution < -0.4 is 9.64 Å². The van der Waals surface area contributed by atoms with E-state index in [1.165, 1.54) is 44.5 Å². The topological polar surface area (TPSA) is 147 Å². The van der Waals surface area contributed by atoms with Crippen molar-refractivity contribution in [1.82, 2.24) is 4.90 Å². The maximum absolute atomic E-state index is 14.0. The second-order valence-electron chi connectivity index (χ2n) is 10.8. The Morgan fingerprint density at radius 1 is 1.07 bits per heavy atom. The summed E-state index contributed by atoms with van der Waals surface area (Å²) in [5, 5.41) is 22.4. The van der Waals surface area contributed by atoms with Crippen LogP contribution in [0.4, 0.5) is 11.4 Å². The Balaban J connectivity index is 1.52. The lowest BCUT2D eigenvalue weighted by Crippen LogP contribution is -2.60. The highest BCUT2D eigenvalue weighted by Crippen LogP contribution is 2.66. The normalized spacial score (nSPS) is 32.0. The first-order valence-electron chi connectivity index (χ1n) is 12.9. The van der Waals surface area contributed by atoms with E-state index in [-0.39, 0.29) is 41.3 Å². The number of hydrogen-bond acceptors (Lipinski definition) is 8. The molecule has 1 saturated carbocycles. The molecular formula is C28H22BrCl2N3O8. The number of nitro benzene ring substituents is 1. The molecule has 2 aromatic rings. The Morgan fingerprint density at radius 3 is 2.36 bits per heavy atom. The van der Waals surface area contributed by atoms with Crippen molar-refractivity contribution in [2.75, 3.05) is 19.1 Å². The van der Waals surface area contributed by atoms with Crippen LogP contribution in [0.15, 0.2) is 52.5 Å². The van der Waals surface area contributed by atoms with Gasteiger partial charge in [0.25, 0.3) is 17.5 Å². The largest absolute Gasteiger partial charge is 0.504 e. The summed E-state index contributed by atoms with van der Waals surface area (Å²) < 4.78 is 5.82. The number of carbonyl (C=O) groups excluding carboxylic acids is 4. The lowest BCUT2D eigenvalue weighted by atomic mass is 9.56. The molecule has 3 fully saturated rings. The summed E-state index contributed by atoms with van der Waals surface area (Å²) in [6.45, 7) is 0. The Bertz CT molecular complexity index is 1650. The number of fused-ring (bicyclic) bond motifs is 4. The zero-order chi connectivity index (χ0) is 30.5. The number of hydrogen-bond donors (Lipinski definition) is 1. The molecule has 2 aliphatic heterocycles. The standard InChI is InChI=1S/C28H22BrCl2N3O8/c1-32-25(38)27(30)11-18-15(21(28(27,31)26(32)39)17-9-12(29)10-19(42-2)22(17)35)7-8-16-20(18)24(37)33(23(16)36)13-3-5-14(6-4-13)34(40)41/h3-7,9-10,16,18,20-21,35H,8,11H2,1-2H3. The number of amides is 4. The van der Waals surface area contributed by atoms with E-state index in [2.05, 4.69) is 15.9 Å². The predicted octanol–water partition coefficient (Wildman–Crippen LogP) is 4.26. The van der Waals surface area contributed by atoms with Crippen molar-refractivity contribution in [3.8, 4) is 11.5 Å². The van der Waals surface area contributed by atoms with Crippen molar-refractivity contribution >= 4 is 74.1 Å². The molecule has 14 heteroatoms. The van der Waals surface area contributed by atoms with Crippen molar-refractivity contribution in [3.63, 3.8) is 0 Å². The summed E-state index contributed by atoms with van der Waals surface area (Å²) in [5.74, 6) is -6.52. The van der Waals surface area contributed by atoms with Gasteiger partial charge in [-0.15, -0.1) is 23.2 Å². The Morgan fingerprint density at radius 2 is 1.74 bits per heavy atom. The number of anilines is 1. The summed E-state index contributed by atoms with van der Waals surface area (Å²) in [6, 6.07) is 8.15. The molecule has 2 saturated heterocycles. The summed E-state index contributed by atoms with van der Waals surface area (Å²) >= 11 is 17.7. The number of methoxy groups -OCH3 is 1. The maximum Gasteiger partial charge on any atom is 0.269 e. The van der Waals surface area contributed by atoms with E-state index in [9.17, 15) is 34.4 Å². The highest BCUT2D eigenvalue weighted by Gasteiger charge is 2.76. The zero-order valence-corrected chi connectivity index (χ0v) is 25.1. The van der Waals surface area contributed by atoms with Gasteiger partial charge in [0.05, 0.1) is 29.6 Å². The number of nitro groups is 1. The van der Waals surface area contributed by atoms with Gasteiger partial charge >= 0.3 is 0 Å². The number of ether oxygens (including phenoxy) is 1. The minimum absolute atomic E-state index is 0.0813. The number of nitrogens with zero attached hydrogens (tertiary/aromatic N) is 3. The van der Waals surface area contributed by atoms with Gasteiger partial charge in [-0.3, -0.25) is 39.1 Å². The van der Waals surface area contributed by atoms with Gasteiger partial charge in [0.2, 0.25) is 11.8 Å². The number of non-ortho nitro benzene ring substituents is 1. The number of rotatable bonds is 4. The molecule has 42 heavy (non-hydrogen) atoms. The summed E-state index contributed by atoms with van der Waals surface area (Å²) in [6.07, 6.45) is 1.65. The molecule has 0 aromatic heterocycles. The molecule has 4 amide bonds. The molecule has 2 aromatic carbocycles. The van der Waals surface area contributed by atoms with Crippen LogP contribution in [-0.4, -0.2) is 62.5 Å². The number of carbonyl (C=O) groups is 4. The number of aromatic hydroxyl groups is 1. The number of phenolic OH excluding ortho intramolecular Hbond substituents is 1. The first-order valence-corrected chi connectivity index (χ1v) is 14.4. The molecule has 4 aliphatic rings. The molecule has 1 N–H and O–H groups in total. The molecule has 6 unspecified atom stereocenters.